The molecule has 4 rings (SSSR count). The molecule has 34 heavy (non-hydrogen) atoms. The zero-order valence-corrected chi connectivity index (χ0v) is 20.3. The number of amides is 1. The van der Waals surface area contributed by atoms with Crippen molar-refractivity contribution < 1.29 is 19.1 Å². The van der Waals surface area contributed by atoms with Gasteiger partial charge in [-0.25, -0.2) is 4.98 Å². The number of ketones is 1. The van der Waals surface area contributed by atoms with E-state index in [9.17, 15) is 14.4 Å². The summed E-state index contributed by atoms with van der Waals surface area (Å²) >= 11 is 0. The van der Waals surface area contributed by atoms with Crippen LogP contribution < -0.4 is 4.90 Å². The molecule has 2 aromatic carbocycles. The van der Waals surface area contributed by atoms with E-state index in [2.05, 4.69) is 11.0 Å². The van der Waals surface area contributed by atoms with E-state index in [0.717, 1.165) is 30.0 Å². The second-order valence-electron chi connectivity index (χ2n) is 9.16. The third-order valence-corrected chi connectivity index (χ3v) is 6.49. The minimum atomic E-state index is -1.02. The van der Waals surface area contributed by atoms with Crippen LogP contribution in [0.4, 0.5) is 5.69 Å². The number of benzene rings is 2. The Kier molecular flexibility index (Phi) is 6.17. The summed E-state index contributed by atoms with van der Waals surface area (Å²) in [5, 5.41) is 0. The van der Waals surface area contributed by atoms with Crippen LogP contribution in [0.25, 0.3) is 16.7 Å². The Morgan fingerprint density at radius 2 is 1.62 bits per heavy atom. The highest BCUT2D eigenvalue weighted by Gasteiger charge is 2.37. The maximum absolute atomic E-state index is 12.7. The molecule has 0 aliphatic carbocycles. The molecule has 0 N–H and O–H groups in total. The second kappa shape index (κ2) is 8.93. The average molecular weight is 463 g/mol. The first-order valence-electron chi connectivity index (χ1n) is 11.4. The van der Waals surface area contributed by atoms with Crippen molar-refractivity contribution in [2.24, 2.45) is 0 Å². The lowest BCUT2D eigenvalue weighted by Gasteiger charge is -2.35. The van der Waals surface area contributed by atoms with Crippen LogP contribution in [0, 0.1) is 0 Å². The second-order valence-corrected chi connectivity index (χ2v) is 9.16. The Labute approximate surface area is 199 Å². The number of nitrogens with zero attached hydrogens (tertiary/aromatic N) is 4. The number of carbonyl (C=O) groups is 3. The van der Waals surface area contributed by atoms with Gasteiger partial charge in [-0.15, -0.1) is 0 Å². The van der Waals surface area contributed by atoms with Crippen LogP contribution in [0.5, 0.6) is 0 Å². The number of Topliss-reactive ketones (excluding diaryl/α,β-unsaturated/α-hetero) is 1. The SMILES string of the molecule is COC(=O)C(C)(C)c1nc2cc(C(C)=O)ccc2n1-c1cccc(N2CCN(C(C)=O)CC2)c1. The van der Waals surface area contributed by atoms with E-state index in [1.165, 1.54) is 14.0 Å². The van der Waals surface area contributed by atoms with Gasteiger partial charge in [-0.3, -0.25) is 19.0 Å². The molecule has 2 heterocycles. The Morgan fingerprint density at radius 3 is 2.24 bits per heavy atom. The normalized spacial score (nSPS) is 14.4. The molecule has 1 amide bonds. The van der Waals surface area contributed by atoms with Crippen LogP contribution in [0.15, 0.2) is 42.5 Å². The predicted octanol–water partition coefficient (Wildman–Crippen LogP) is 3.35. The van der Waals surface area contributed by atoms with E-state index < -0.39 is 11.4 Å². The molecule has 8 nitrogen and oxygen atoms in total. The predicted molar refractivity (Wildman–Crippen MR) is 131 cm³/mol. The number of hydrogen-bond donors (Lipinski definition) is 0. The van der Waals surface area contributed by atoms with E-state index >= 15 is 0 Å². The number of carbonyl (C=O) groups excluding carboxylic acids is 3. The van der Waals surface area contributed by atoms with Crippen LogP contribution in [-0.4, -0.2) is 65.4 Å². The molecular formula is C26H30N4O4. The van der Waals surface area contributed by atoms with Gasteiger partial charge in [0.05, 0.1) is 18.1 Å². The number of ether oxygens (including phenoxy) is 1. The molecule has 8 heteroatoms. The van der Waals surface area contributed by atoms with Crippen LogP contribution >= 0.6 is 0 Å². The van der Waals surface area contributed by atoms with Gasteiger partial charge < -0.3 is 14.5 Å². The van der Waals surface area contributed by atoms with Gasteiger partial charge in [-0.2, -0.15) is 0 Å². The first-order chi connectivity index (χ1) is 16.1. The summed E-state index contributed by atoms with van der Waals surface area (Å²) in [5.41, 5.74) is 2.88. The molecule has 3 aromatic rings. The van der Waals surface area contributed by atoms with E-state index in [0.29, 0.717) is 30.0 Å². The van der Waals surface area contributed by atoms with Gasteiger partial charge >= 0.3 is 5.97 Å². The molecular weight excluding hydrogens is 432 g/mol. The van der Waals surface area contributed by atoms with Crippen LogP contribution in [0.2, 0.25) is 0 Å². The summed E-state index contributed by atoms with van der Waals surface area (Å²) in [6.45, 7) is 9.55. The van der Waals surface area contributed by atoms with Gasteiger partial charge in [0, 0.05) is 50.0 Å². The fraction of sp³-hybridized carbons (Fsp3) is 0.385. The van der Waals surface area contributed by atoms with Gasteiger partial charge in [-0.1, -0.05) is 6.07 Å². The molecule has 0 atom stereocenters. The number of fused-ring (bicyclic) bond motifs is 1. The number of rotatable bonds is 5. The highest BCUT2D eigenvalue weighted by atomic mass is 16.5. The van der Waals surface area contributed by atoms with Crippen molar-refractivity contribution in [3.8, 4) is 5.69 Å². The minimum Gasteiger partial charge on any atom is -0.468 e. The number of esters is 1. The van der Waals surface area contributed by atoms with E-state index in [4.69, 9.17) is 9.72 Å². The lowest BCUT2D eigenvalue weighted by atomic mass is 9.92. The Balaban J connectivity index is 1.83. The van der Waals surface area contributed by atoms with Gasteiger partial charge in [-0.05, 0) is 57.2 Å². The van der Waals surface area contributed by atoms with Crippen molar-refractivity contribution >= 4 is 34.4 Å². The van der Waals surface area contributed by atoms with E-state index in [1.54, 1.807) is 32.9 Å². The number of hydrogen-bond acceptors (Lipinski definition) is 6. The molecule has 1 fully saturated rings. The quantitative estimate of drug-likeness (QED) is 0.427. The molecule has 178 valence electrons. The van der Waals surface area contributed by atoms with Gasteiger partial charge in [0.15, 0.2) is 5.78 Å². The van der Waals surface area contributed by atoms with Crippen molar-refractivity contribution in [1.29, 1.82) is 0 Å². The third kappa shape index (κ3) is 4.16. The minimum absolute atomic E-state index is 0.0445. The molecule has 0 saturated carbocycles. The topological polar surface area (TPSA) is 84.7 Å². The van der Waals surface area contributed by atoms with Crippen LogP contribution in [0.1, 0.15) is 43.9 Å². The first kappa shape index (κ1) is 23.5. The van der Waals surface area contributed by atoms with Crippen molar-refractivity contribution in [3.05, 3.63) is 53.9 Å². The molecule has 0 unspecified atom stereocenters. The number of anilines is 1. The zero-order chi connectivity index (χ0) is 24.6. The summed E-state index contributed by atoms with van der Waals surface area (Å²) in [4.78, 5) is 45.2. The number of piperazine rings is 1. The van der Waals surface area contributed by atoms with Crippen molar-refractivity contribution in [2.75, 3.05) is 38.2 Å². The molecule has 1 saturated heterocycles. The lowest BCUT2D eigenvalue weighted by Crippen LogP contribution is -2.48. The standard InChI is InChI=1S/C26H30N4O4/c1-17(31)19-9-10-23-22(15-19)27-24(26(3,4)25(33)34-5)30(23)21-8-6-7-20(16-21)29-13-11-28(12-14-29)18(2)32/h6-10,15-16H,11-14H2,1-5H3. The molecule has 0 bridgehead atoms. The highest BCUT2D eigenvalue weighted by Crippen LogP contribution is 2.33. The van der Waals surface area contributed by atoms with Gasteiger partial charge in [0.2, 0.25) is 5.91 Å². The summed E-state index contributed by atoms with van der Waals surface area (Å²) in [6, 6.07) is 13.5. The van der Waals surface area contributed by atoms with E-state index in [1.807, 2.05) is 33.7 Å². The number of aromatic nitrogens is 2. The average Bonchev–Trinajstić information content (AvgIpc) is 3.23. The van der Waals surface area contributed by atoms with Crippen molar-refractivity contribution in [3.63, 3.8) is 0 Å². The molecule has 0 radical (unpaired) electrons. The highest BCUT2D eigenvalue weighted by molar-refractivity contribution is 5.98. The maximum Gasteiger partial charge on any atom is 0.318 e. The summed E-state index contributed by atoms with van der Waals surface area (Å²) in [7, 11) is 1.37. The fourth-order valence-electron chi connectivity index (χ4n) is 4.43. The molecule has 1 aliphatic heterocycles. The monoisotopic (exact) mass is 462 g/mol. The van der Waals surface area contributed by atoms with Crippen LogP contribution in [0.3, 0.4) is 0 Å². The molecule has 1 aliphatic rings. The number of imidazole rings is 1. The van der Waals surface area contributed by atoms with E-state index in [-0.39, 0.29) is 11.7 Å². The summed E-state index contributed by atoms with van der Waals surface area (Å²) in [5.74, 6) is 0.191. The van der Waals surface area contributed by atoms with Crippen molar-refractivity contribution in [1.82, 2.24) is 14.5 Å². The Hall–Kier alpha value is -3.68. The Bertz CT molecular complexity index is 1270. The molecule has 0 spiro atoms. The summed E-state index contributed by atoms with van der Waals surface area (Å²) in [6.07, 6.45) is 0. The largest absolute Gasteiger partial charge is 0.468 e. The Morgan fingerprint density at radius 1 is 0.941 bits per heavy atom. The lowest BCUT2D eigenvalue weighted by molar-refractivity contribution is -0.146. The smallest absolute Gasteiger partial charge is 0.318 e. The first-order valence-corrected chi connectivity index (χ1v) is 11.4. The third-order valence-electron chi connectivity index (χ3n) is 6.49. The van der Waals surface area contributed by atoms with Gasteiger partial charge in [0.1, 0.15) is 11.2 Å². The number of methoxy groups -OCH3 is 1. The molecule has 1 aromatic heterocycles. The maximum atomic E-state index is 12.7. The van der Waals surface area contributed by atoms with Crippen LogP contribution in [-0.2, 0) is 19.7 Å². The fourth-order valence-corrected chi connectivity index (χ4v) is 4.43. The van der Waals surface area contributed by atoms with Gasteiger partial charge in [0.25, 0.3) is 0 Å². The van der Waals surface area contributed by atoms with Crippen molar-refractivity contribution in [2.45, 2.75) is 33.1 Å². The summed E-state index contributed by atoms with van der Waals surface area (Å²) < 4.78 is 7.04. The zero-order valence-electron chi connectivity index (χ0n) is 20.3.